The molecule has 0 saturated carbocycles. The molecule has 0 heterocycles. The molecule has 2 N–H and O–H groups in total. The van der Waals surface area contributed by atoms with Gasteiger partial charge in [-0.25, -0.2) is 0 Å². The summed E-state index contributed by atoms with van der Waals surface area (Å²) in [6.07, 6.45) is 0.618. The fourth-order valence-electron chi connectivity index (χ4n) is 3.47. The van der Waals surface area contributed by atoms with Crippen molar-refractivity contribution in [1.82, 2.24) is 10.6 Å². The molecule has 0 aliphatic carbocycles. The largest absolute Gasteiger partial charge is 0.493 e. The fraction of sp³-hybridized carbons (Fsp3) is 0.308. The molecule has 3 aromatic carbocycles. The van der Waals surface area contributed by atoms with E-state index in [0.29, 0.717) is 35.8 Å². The maximum Gasteiger partial charge on any atom is 0.258 e. The van der Waals surface area contributed by atoms with E-state index in [0.717, 1.165) is 16.3 Å². The normalized spacial score (nSPS) is 10.7. The summed E-state index contributed by atoms with van der Waals surface area (Å²) in [5.74, 6) is 1.17. The van der Waals surface area contributed by atoms with Crippen LogP contribution < -0.4 is 24.8 Å². The Balaban J connectivity index is 1.72. The van der Waals surface area contributed by atoms with Gasteiger partial charge >= 0.3 is 0 Å². The lowest BCUT2D eigenvalue weighted by molar-refractivity contribution is -0.123. The molecule has 0 spiro atoms. The summed E-state index contributed by atoms with van der Waals surface area (Å²) in [7, 11) is 3.18. The van der Waals surface area contributed by atoms with Crippen molar-refractivity contribution < 1.29 is 23.8 Å². The highest BCUT2D eigenvalue weighted by atomic mass is 16.5. The molecule has 3 rings (SSSR count). The van der Waals surface area contributed by atoms with E-state index in [1.54, 1.807) is 26.4 Å². The Morgan fingerprint density at radius 3 is 2.24 bits per heavy atom. The van der Waals surface area contributed by atoms with Crippen LogP contribution in [0.2, 0.25) is 0 Å². The van der Waals surface area contributed by atoms with Gasteiger partial charge in [-0.2, -0.15) is 0 Å². The molecule has 3 aromatic rings. The van der Waals surface area contributed by atoms with Crippen molar-refractivity contribution in [1.29, 1.82) is 0 Å². The van der Waals surface area contributed by atoms with Crippen LogP contribution in [0.25, 0.3) is 10.8 Å². The minimum atomic E-state index is -0.263. The van der Waals surface area contributed by atoms with Crippen LogP contribution in [0.5, 0.6) is 17.2 Å². The first kappa shape index (κ1) is 23.9. The summed E-state index contributed by atoms with van der Waals surface area (Å²) < 4.78 is 16.3. The van der Waals surface area contributed by atoms with Gasteiger partial charge in [0.2, 0.25) is 0 Å². The molecule has 0 bridgehead atoms. The predicted molar refractivity (Wildman–Crippen MR) is 128 cm³/mol. The molecule has 0 aliphatic rings. The number of carbonyl (C=O) groups is 2. The number of carbonyl (C=O) groups excluding carboxylic acids is 2. The van der Waals surface area contributed by atoms with Crippen molar-refractivity contribution in [2.45, 2.75) is 26.3 Å². The Morgan fingerprint density at radius 1 is 0.879 bits per heavy atom. The Labute approximate surface area is 194 Å². The lowest BCUT2D eigenvalue weighted by Crippen LogP contribution is -2.34. The molecule has 174 valence electrons. The van der Waals surface area contributed by atoms with Crippen LogP contribution in [0.4, 0.5) is 0 Å². The predicted octanol–water partition coefficient (Wildman–Crippen LogP) is 3.73. The van der Waals surface area contributed by atoms with Crippen molar-refractivity contribution in [3.05, 3.63) is 65.7 Å². The number of hydrogen-bond acceptors (Lipinski definition) is 5. The fourth-order valence-corrected chi connectivity index (χ4v) is 3.47. The second-order valence-electron chi connectivity index (χ2n) is 7.90. The van der Waals surface area contributed by atoms with Crippen molar-refractivity contribution >= 4 is 22.6 Å². The summed E-state index contributed by atoms with van der Waals surface area (Å²) in [4.78, 5) is 25.1. The van der Waals surface area contributed by atoms with E-state index in [4.69, 9.17) is 14.2 Å². The Hall–Kier alpha value is -3.74. The molecular weight excluding hydrogens is 420 g/mol. The maximum absolute atomic E-state index is 13.0. The zero-order valence-electron chi connectivity index (χ0n) is 19.4. The van der Waals surface area contributed by atoms with Gasteiger partial charge in [0.15, 0.2) is 18.1 Å². The van der Waals surface area contributed by atoms with Crippen LogP contribution in [-0.2, 0) is 11.2 Å². The molecule has 0 radical (unpaired) electrons. The third-order valence-electron chi connectivity index (χ3n) is 5.05. The molecule has 7 heteroatoms. The number of nitrogens with one attached hydrogen (secondary N) is 2. The van der Waals surface area contributed by atoms with Gasteiger partial charge in [-0.15, -0.1) is 0 Å². The zero-order chi connectivity index (χ0) is 23.8. The summed E-state index contributed by atoms with van der Waals surface area (Å²) in [5, 5.41) is 7.58. The van der Waals surface area contributed by atoms with Gasteiger partial charge in [0.25, 0.3) is 11.8 Å². The second kappa shape index (κ2) is 11.2. The third-order valence-corrected chi connectivity index (χ3v) is 5.05. The van der Waals surface area contributed by atoms with Crippen LogP contribution >= 0.6 is 0 Å². The molecule has 0 atom stereocenters. The van der Waals surface area contributed by atoms with E-state index in [-0.39, 0.29) is 24.5 Å². The van der Waals surface area contributed by atoms with Gasteiger partial charge in [0, 0.05) is 12.6 Å². The molecule has 0 unspecified atom stereocenters. The first-order valence-corrected chi connectivity index (χ1v) is 10.8. The number of fused-ring (bicyclic) bond motifs is 1. The number of hydrogen-bond donors (Lipinski definition) is 2. The van der Waals surface area contributed by atoms with Gasteiger partial charge in [0.1, 0.15) is 5.75 Å². The zero-order valence-corrected chi connectivity index (χ0v) is 19.4. The van der Waals surface area contributed by atoms with E-state index >= 15 is 0 Å². The Morgan fingerprint density at radius 2 is 1.58 bits per heavy atom. The van der Waals surface area contributed by atoms with Crippen molar-refractivity contribution in [3.8, 4) is 17.2 Å². The van der Waals surface area contributed by atoms with Crippen molar-refractivity contribution in [3.63, 3.8) is 0 Å². The Kier molecular flexibility index (Phi) is 8.13. The van der Waals surface area contributed by atoms with Gasteiger partial charge in [-0.05, 0) is 60.9 Å². The molecule has 0 saturated heterocycles. The minimum absolute atomic E-state index is 0.0112. The standard InChI is InChI=1S/C26H30N2O5/c1-17(2)28-25(29)16-33-23-15-20-8-6-5-7-19(20)14-21(23)26(30)27-12-11-18-9-10-22(31-3)24(13-18)32-4/h5-10,13-15,17H,11-12,16H2,1-4H3,(H,27,30)(H,28,29). The first-order chi connectivity index (χ1) is 15.9. The number of amides is 2. The first-order valence-electron chi connectivity index (χ1n) is 10.8. The Bertz CT molecular complexity index is 1130. The molecule has 0 fully saturated rings. The van der Waals surface area contributed by atoms with Crippen molar-refractivity contribution in [2.24, 2.45) is 0 Å². The average molecular weight is 451 g/mol. The van der Waals surface area contributed by atoms with E-state index in [9.17, 15) is 9.59 Å². The molecule has 7 nitrogen and oxygen atoms in total. The molecule has 0 aliphatic heterocycles. The SMILES string of the molecule is COc1ccc(CCNC(=O)c2cc3ccccc3cc2OCC(=O)NC(C)C)cc1OC. The summed E-state index contributed by atoms with van der Waals surface area (Å²) in [6.45, 7) is 4.02. The topological polar surface area (TPSA) is 85.9 Å². The van der Waals surface area contributed by atoms with E-state index in [2.05, 4.69) is 10.6 Å². The number of ether oxygens (including phenoxy) is 3. The van der Waals surface area contributed by atoms with Crippen LogP contribution in [-0.4, -0.2) is 45.2 Å². The lowest BCUT2D eigenvalue weighted by Gasteiger charge is -2.14. The second-order valence-corrected chi connectivity index (χ2v) is 7.90. The average Bonchev–Trinajstić information content (AvgIpc) is 2.81. The summed E-state index contributed by atoms with van der Waals surface area (Å²) in [5.41, 5.74) is 1.40. The maximum atomic E-state index is 13.0. The van der Waals surface area contributed by atoms with Crippen LogP contribution in [0.3, 0.4) is 0 Å². The number of methoxy groups -OCH3 is 2. The summed E-state index contributed by atoms with van der Waals surface area (Å²) >= 11 is 0. The van der Waals surface area contributed by atoms with Crippen LogP contribution in [0.1, 0.15) is 29.8 Å². The van der Waals surface area contributed by atoms with Gasteiger partial charge < -0.3 is 24.8 Å². The quantitative estimate of drug-likeness (QED) is 0.492. The van der Waals surface area contributed by atoms with E-state index in [1.165, 1.54) is 0 Å². The van der Waals surface area contributed by atoms with Gasteiger partial charge in [-0.3, -0.25) is 9.59 Å². The lowest BCUT2D eigenvalue weighted by atomic mass is 10.0. The van der Waals surface area contributed by atoms with Gasteiger partial charge in [0.05, 0.1) is 19.8 Å². The van der Waals surface area contributed by atoms with E-state index < -0.39 is 0 Å². The number of rotatable bonds is 10. The van der Waals surface area contributed by atoms with Crippen molar-refractivity contribution in [2.75, 3.05) is 27.4 Å². The monoisotopic (exact) mass is 450 g/mol. The highest BCUT2D eigenvalue weighted by Gasteiger charge is 2.16. The third kappa shape index (κ3) is 6.38. The molecule has 0 aromatic heterocycles. The van der Waals surface area contributed by atoms with Crippen LogP contribution in [0, 0.1) is 0 Å². The van der Waals surface area contributed by atoms with Gasteiger partial charge in [-0.1, -0.05) is 30.3 Å². The number of benzene rings is 3. The molecular formula is C26H30N2O5. The summed E-state index contributed by atoms with van der Waals surface area (Å²) in [6, 6.07) is 17.0. The highest BCUT2D eigenvalue weighted by Crippen LogP contribution is 2.28. The molecule has 33 heavy (non-hydrogen) atoms. The highest BCUT2D eigenvalue weighted by molar-refractivity contribution is 6.01. The minimum Gasteiger partial charge on any atom is -0.493 e. The smallest absolute Gasteiger partial charge is 0.258 e. The van der Waals surface area contributed by atoms with E-state index in [1.807, 2.05) is 56.3 Å². The molecule has 2 amide bonds. The van der Waals surface area contributed by atoms with Crippen LogP contribution in [0.15, 0.2) is 54.6 Å².